The zero-order valence-corrected chi connectivity index (χ0v) is 23.5. The molecule has 1 amide bonds. The predicted octanol–water partition coefficient (Wildman–Crippen LogP) is 5.85. The fraction of sp³-hybridized carbons (Fsp3) is 0.483. The van der Waals surface area contributed by atoms with Gasteiger partial charge in [0, 0.05) is 11.6 Å². The summed E-state index contributed by atoms with van der Waals surface area (Å²) >= 11 is 0. The third-order valence-electron chi connectivity index (χ3n) is 6.67. The average Bonchev–Trinajstić information content (AvgIpc) is 3.04. The van der Waals surface area contributed by atoms with Gasteiger partial charge < -0.3 is 29.2 Å². The Hall–Kier alpha value is -2.90. The van der Waals surface area contributed by atoms with Crippen molar-refractivity contribution in [3.8, 4) is 23.0 Å². The Morgan fingerprint density at radius 2 is 1.46 bits per heavy atom. The van der Waals surface area contributed by atoms with Gasteiger partial charge in [0.15, 0.2) is 23.0 Å². The first-order valence-electron chi connectivity index (χ1n) is 12.6. The zero-order chi connectivity index (χ0) is 25.9. The van der Waals surface area contributed by atoms with E-state index >= 15 is 0 Å². The van der Waals surface area contributed by atoms with Gasteiger partial charge in [-0.25, -0.2) is 0 Å². The van der Waals surface area contributed by atoms with E-state index in [0.717, 1.165) is 67.9 Å². The summed E-state index contributed by atoms with van der Waals surface area (Å²) in [5.41, 5.74) is 2.95. The van der Waals surface area contributed by atoms with Gasteiger partial charge in [0.25, 0.3) is 0 Å². The molecule has 2 aromatic rings. The minimum absolute atomic E-state index is 0. The van der Waals surface area contributed by atoms with Crippen LogP contribution in [0.4, 0.5) is 5.69 Å². The maximum absolute atomic E-state index is 12.8. The van der Waals surface area contributed by atoms with Crippen LogP contribution in [-0.2, 0) is 11.2 Å². The molecular formula is C29H41ClN2O5. The van der Waals surface area contributed by atoms with Crippen molar-refractivity contribution in [2.75, 3.05) is 53.9 Å². The molecule has 1 aliphatic heterocycles. The van der Waals surface area contributed by atoms with Crippen LogP contribution in [0.25, 0.3) is 6.08 Å². The lowest BCUT2D eigenvalue weighted by atomic mass is 10.0. The number of rotatable bonds is 14. The standard InChI is InChI=1S/C29H40N2O5.ClH/c1-31(16-8-6-7-10-21-12-15-25(33-2)26(18-21)34-3)17-9-11-22-13-14-23-19-27(35-4)28(36-5)20-24(23)30-29(22)32;/h12-15,18-20,22H,6-11,16-17H2,1-5H3,(H,30,32);1H. The van der Waals surface area contributed by atoms with E-state index < -0.39 is 0 Å². The van der Waals surface area contributed by atoms with Crippen molar-refractivity contribution in [3.63, 3.8) is 0 Å². The van der Waals surface area contributed by atoms with Crippen molar-refractivity contribution in [1.29, 1.82) is 0 Å². The van der Waals surface area contributed by atoms with Crippen molar-refractivity contribution in [2.24, 2.45) is 5.92 Å². The average molecular weight is 533 g/mol. The maximum atomic E-state index is 12.8. The van der Waals surface area contributed by atoms with Gasteiger partial charge in [-0.2, -0.15) is 0 Å². The van der Waals surface area contributed by atoms with Crippen LogP contribution >= 0.6 is 12.4 Å². The molecule has 7 nitrogen and oxygen atoms in total. The van der Waals surface area contributed by atoms with Crippen molar-refractivity contribution in [1.82, 2.24) is 4.90 Å². The number of nitrogens with zero attached hydrogens (tertiary/aromatic N) is 1. The molecule has 0 saturated heterocycles. The Balaban J connectivity index is 0.00000481. The van der Waals surface area contributed by atoms with Gasteiger partial charge in [0.05, 0.1) is 40.0 Å². The molecule has 0 bridgehead atoms. The first-order valence-corrected chi connectivity index (χ1v) is 12.6. The monoisotopic (exact) mass is 532 g/mol. The maximum Gasteiger partial charge on any atom is 0.231 e. The van der Waals surface area contributed by atoms with Gasteiger partial charge in [-0.05, 0) is 76.0 Å². The smallest absolute Gasteiger partial charge is 0.231 e. The van der Waals surface area contributed by atoms with Gasteiger partial charge in [0.2, 0.25) is 5.91 Å². The number of benzene rings is 2. The highest BCUT2D eigenvalue weighted by Gasteiger charge is 2.21. The Morgan fingerprint density at radius 3 is 2.16 bits per heavy atom. The number of ether oxygens (including phenoxy) is 4. The fourth-order valence-corrected chi connectivity index (χ4v) is 4.52. The second kappa shape index (κ2) is 15.4. The SMILES string of the molecule is COc1ccc(CCCCCN(C)CCCC2C=Cc3cc(OC)c(OC)cc3NC2=O)cc1OC.Cl. The second-order valence-electron chi connectivity index (χ2n) is 9.19. The second-order valence-corrected chi connectivity index (χ2v) is 9.19. The van der Waals surface area contributed by atoms with E-state index in [4.69, 9.17) is 18.9 Å². The summed E-state index contributed by atoms with van der Waals surface area (Å²) in [5, 5.41) is 3.05. The molecule has 0 aliphatic carbocycles. The van der Waals surface area contributed by atoms with Crippen LogP contribution < -0.4 is 24.3 Å². The molecule has 8 heteroatoms. The summed E-state index contributed by atoms with van der Waals surface area (Å²) in [5.74, 6) is 2.69. The third kappa shape index (κ3) is 8.58. The van der Waals surface area contributed by atoms with E-state index in [9.17, 15) is 4.79 Å². The first-order chi connectivity index (χ1) is 17.5. The first kappa shape index (κ1) is 30.3. The summed E-state index contributed by atoms with van der Waals surface area (Å²) in [6, 6.07) is 9.85. The van der Waals surface area contributed by atoms with Crippen LogP contribution in [0.2, 0.25) is 0 Å². The van der Waals surface area contributed by atoms with Crippen LogP contribution in [0.5, 0.6) is 23.0 Å². The largest absolute Gasteiger partial charge is 0.493 e. The van der Waals surface area contributed by atoms with Crippen molar-refractivity contribution in [2.45, 2.75) is 38.5 Å². The summed E-state index contributed by atoms with van der Waals surface area (Å²) in [6.45, 7) is 2.03. The van der Waals surface area contributed by atoms with Gasteiger partial charge in [-0.3, -0.25) is 4.79 Å². The molecule has 0 fully saturated rings. The van der Waals surface area contributed by atoms with Gasteiger partial charge in [-0.1, -0.05) is 24.6 Å². The highest BCUT2D eigenvalue weighted by Crippen LogP contribution is 2.36. The lowest BCUT2D eigenvalue weighted by Gasteiger charge is -2.18. The molecule has 0 aromatic heterocycles. The molecule has 0 spiro atoms. The summed E-state index contributed by atoms with van der Waals surface area (Å²) in [7, 11) is 8.69. The predicted molar refractivity (Wildman–Crippen MR) is 152 cm³/mol. The topological polar surface area (TPSA) is 69.3 Å². The number of methoxy groups -OCH3 is 4. The Bertz CT molecular complexity index is 1040. The number of amides is 1. The summed E-state index contributed by atoms with van der Waals surface area (Å²) < 4.78 is 21.5. The highest BCUT2D eigenvalue weighted by atomic mass is 35.5. The Kier molecular flexibility index (Phi) is 12.6. The van der Waals surface area contributed by atoms with E-state index in [1.54, 1.807) is 28.4 Å². The molecule has 2 aromatic carbocycles. The van der Waals surface area contributed by atoms with Gasteiger partial charge in [0.1, 0.15) is 0 Å². The number of hydrogen-bond donors (Lipinski definition) is 1. The number of carbonyl (C=O) groups is 1. The van der Waals surface area contributed by atoms with Gasteiger partial charge in [-0.15, -0.1) is 12.4 Å². The van der Waals surface area contributed by atoms with E-state index in [1.807, 2.05) is 30.4 Å². The molecular weight excluding hydrogens is 492 g/mol. The highest BCUT2D eigenvalue weighted by molar-refractivity contribution is 5.98. The van der Waals surface area contributed by atoms with E-state index in [1.165, 1.54) is 12.0 Å². The number of aryl methyl sites for hydroxylation is 1. The molecule has 0 radical (unpaired) electrons. The minimum Gasteiger partial charge on any atom is -0.493 e. The van der Waals surface area contributed by atoms with Crippen molar-refractivity contribution in [3.05, 3.63) is 47.5 Å². The summed E-state index contributed by atoms with van der Waals surface area (Å²) in [6.07, 6.45) is 10.3. The number of hydrogen-bond acceptors (Lipinski definition) is 6. The van der Waals surface area contributed by atoms with Crippen LogP contribution in [0, 0.1) is 5.92 Å². The number of fused-ring (bicyclic) bond motifs is 1. The number of carbonyl (C=O) groups excluding carboxylic acids is 1. The molecule has 1 unspecified atom stereocenters. The van der Waals surface area contributed by atoms with Crippen LogP contribution in [0.15, 0.2) is 36.4 Å². The summed E-state index contributed by atoms with van der Waals surface area (Å²) in [4.78, 5) is 15.1. The lowest BCUT2D eigenvalue weighted by Crippen LogP contribution is -2.24. The quantitative estimate of drug-likeness (QED) is 0.308. The third-order valence-corrected chi connectivity index (χ3v) is 6.67. The van der Waals surface area contributed by atoms with Crippen molar-refractivity contribution >= 4 is 30.1 Å². The van der Waals surface area contributed by atoms with Crippen LogP contribution in [0.1, 0.15) is 43.2 Å². The molecule has 3 rings (SSSR count). The van der Waals surface area contributed by atoms with E-state index in [2.05, 4.69) is 29.4 Å². The molecule has 1 heterocycles. The number of anilines is 1. The molecule has 204 valence electrons. The molecule has 1 aliphatic rings. The van der Waals surface area contributed by atoms with Crippen LogP contribution in [0.3, 0.4) is 0 Å². The zero-order valence-electron chi connectivity index (χ0n) is 22.7. The Morgan fingerprint density at radius 1 is 0.811 bits per heavy atom. The van der Waals surface area contributed by atoms with Crippen LogP contribution in [-0.4, -0.2) is 59.4 Å². The van der Waals surface area contributed by atoms with Crippen molar-refractivity contribution < 1.29 is 23.7 Å². The number of nitrogens with one attached hydrogen (secondary N) is 1. The Labute approximate surface area is 227 Å². The van der Waals surface area contributed by atoms with Gasteiger partial charge >= 0.3 is 0 Å². The van der Waals surface area contributed by atoms with E-state index in [-0.39, 0.29) is 24.2 Å². The minimum atomic E-state index is -0.149. The fourth-order valence-electron chi connectivity index (χ4n) is 4.52. The molecule has 37 heavy (non-hydrogen) atoms. The molecule has 1 atom stereocenters. The number of unbranched alkanes of at least 4 members (excludes halogenated alkanes) is 2. The number of halogens is 1. The molecule has 1 N–H and O–H groups in total. The molecule has 0 saturated carbocycles. The lowest BCUT2D eigenvalue weighted by molar-refractivity contribution is -0.118. The van der Waals surface area contributed by atoms with E-state index in [0.29, 0.717) is 11.5 Å². The normalized spacial score (nSPS) is 14.3.